The monoisotopic (exact) mass is 214 g/mol. The lowest BCUT2D eigenvalue weighted by Gasteiger charge is -2.31. The molecule has 0 aromatic carbocycles. The van der Waals surface area contributed by atoms with Gasteiger partial charge in [0.2, 0.25) is 5.91 Å². The number of nitrogens with one attached hydrogen (secondary N) is 2. The molecular weight excluding hydrogens is 188 g/mol. The van der Waals surface area contributed by atoms with Gasteiger partial charge in [-0.3, -0.25) is 4.79 Å². The maximum absolute atomic E-state index is 11.6. The van der Waals surface area contributed by atoms with Crippen molar-refractivity contribution in [3.8, 4) is 0 Å². The van der Waals surface area contributed by atoms with Gasteiger partial charge in [-0.05, 0) is 32.2 Å². The Labute approximate surface area is 94.0 Å². The van der Waals surface area contributed by atoms with Crippen LogP contribution in [-0.2, 0) is 4.79 Å². The van der Waals surface area contributed by atoms with Crippen molar-refractivity contribution in [2.24, 2.45) is 0 Å². The van der Waals surface area contributed by atoms with Crippen LogP contribution in [0, 0.1) is 0 Å². The topological polar surface area (TPSA) is 41.1 Å². The number of carbonyl (C=O) groups is 1. The van der Waals surface area contributed by atoms with Gasteiger partial charge in [0.05, 0.1) is 6.54 Å². The van der Waals surface area contributed by atoms with Crippen LogP contribution in [0.5, 0.6) is 0 Å². The summed E-state index contributed by atoms with van der Waals surface area (Å²) >= 11 is 0. The molecule has 0 aromatic heterocycles. The number of rotatable bonds is 8. The quantitative estimate of drug-likeness (QED) is 0.607. The van der Waals surface area contributed by atoms with Crippen molar-refractivity contribution in [3.63, 3.8) is 0 Å². The van der Waals surface area contributed by atoms with Crippen LogP contribution in [0.2, 0.25) is 0 Å². The Morgan fingerprint density at radius 3 is 2.00 bits per heavy atom. The summed E-state index contributed by atoms with van der Waals surface area (Å²) in [6.45, 7) is 9.84. The van der Waals surface area contributed by atoms with Crippen LogP contribution in [0.3, 0.4) is 0 Å². The van der Waals surface area contributed by atoms with Gasteiger partial charge in [-0.15, -0.1) is 0 Å². The molecule has 15 heavy (non-hydrogen) atoms. The summed E-state index contributed by atoms with van der Waals surface area (Å²) in [5.41, 5.74) is 0.00494. The zero-order valence-corrected chi connectivity index (χ0v) is 10.7. The SMILES string of the molecule is CCCNCC(=O)NC(CC)(CC)CC. The first kappa shape index (κ1) is 14.4. The fourth-order valence-corrected chi connectivity index (χ4v) is 1.73. The summed E-state index contributed by atoms with van der Waals surface area (Å²) in [7, 11) is 0. The van der Waals surface area contributed by atoms with Gasteiger partial charge in [0.15, 0.2) is 0 Å². The molecular formula is C12H26N2O. The van der Waals surface area contributed by atoms with Crippen molar-refractivity contribution in [1.82, 2.24) is 10.6 Å². The van der Waals surface area contributed by atoms with Crippen LogP contribution in [-0.4, -0.2) is 24.5 Å². The van der Waals surface area contributed by atoms with E-state index in [0.717, 1.165) is 32.2 Å². The summed E-state index contributed by atoms with van der Waals surface area (Å²) in [5, 5.41) is 6.25. The molecule has 0 aliphatic carbocycles. The highest BCUT2D eigenvalue weighted by Crippen LogP contribution is 2.18. The molecule has 3 nitrogen and oxygen atoms in total. The van der Waals surface area contributed by atoms with E-state index >= 15 is 0 Å². The summed E-state index contributed by atoms with van der Waals surface area (Å²) < 4.78 is 0. The lowest BCUT2D eigenvalue weighted by atomic mass is 9.90. The van der Waals surface area contributed by atoms with Crippen molar-refractivity contribution in [2.45, 2.75) is 58.9 Å². The number of carbonyl (C=O) groups excluding carboxylic acids is 1. The summed E-state index contributed by atoms with van der Waals surface area (Å²) in [5.74, 6) is 0.119. The van der Waals surface area contributed by atoms with Crippen molar-refractivity contribution in [2.75, 3.05) is 13.1 Å². The molecule has 0 bridgehead atoms. The minimum Gasteiger partial charge on any atom is -0.350 e. The predicted molar refractivity (Wildman–Crippen MR) is 64.9 cm³/mol. The molecule has 0 radical (unpaired) electrons. The van der Waals surface area contributed by atoms with Gasteiger partial charge in [0.1, 0.15) is 0 Å². The van der Waals surface area contributed by atoms with Crippen LogP contribution in [0.15, 0.2) is 0 Å². The molecule has 1 amide bonds. The molecule has 0 aliphatic rings. The Kier molecular flexibility index (Phi) is 7.39. The van der Waals surface area contributed by atoms with Crippen molar-refractivity contribution in [3.05, 3.63) is 0 Å². The van der Waals surface area contributed by atoms with E-state index in [9.17, 15) is 4.79 Å². The minimum atomic E-state index is 0.00494. The molecule has 0 unspecified atom stereocenters. The first-order chi connectivity index (χ1) is 7.14. The average molecular weight is 214 g/mol. The fourth-order valence-electron chi connectivity index (χ4n) is 1.73. The summed E-state index contributed by atoms with van der Waals surface area (Å²) in [6.07, 6.45) is 4.06. The zero-order valence-electron chi connectivity index (χ0n) is 10.7. The lowest BCUT2D eigenvalue weighted by molar-refractivity contribution is -0.122. The third-order valence-corrected chi connectivity index (χ3v) is 3.15. The van der Waals surface area contributed by atoms with E-state index in [0.29, 0.717) is 6.54 Å². The second kappa shape index (κ2) is 7.69. The highest BCUT2D eigenvalue weighted by Gasteiger charge is 2.25. The molecule has 0 saturated heterocycles. The predicted octanol–water partition coefficient (Wildman–Crippen LogP) is 2.07. The van der Waals surface area contributed by atoms with E-state index in [2.05, 4.69) is 38.3 Å². The van der Waals surface area contributed by atoms with Gasteiger partial charge < -0.3 is 10.6 Å². The number of amides is 1. The second-order valence-electron chi connectivity index (χ2n) is 4.07. The Morgan fingerprint density at radius 1 is 1.07 bits per heavy atom. The Hall–Kier alpha value is -0.570. The molecule has 0 fully saturated rings. The maximum Gasteiger partial charge on any atom is 0.234 e. The standard InChI is InChI=1S/C12H26N2O/c1-5-9-13-10-11(15)14-12(6-2,7-3)8-4/h13H,5-10H2,1-4H3,(H,14,15). The molecule has 0 aromatic rings. The van der Waals surface area contributed by atoms with Gasteiger partial charge in [-0.25, -0.2) is 0 Å². The molecule has 2 N–H and O–H groups in total. The average Bonchev–Trinajstić information content (AvgIpc) is 2.26. The van der Waals surface area contributed by atoms with Crippen molar-refractivity contribution < 1.29 is 4.79 Å². The first-order valence-electron chi connectivity index (χ1n) is 6.15. The molecule has 0 heterocycles. The highest BCUT2D eigenvalue weighted by atomic mass is 16.2. The minimum absolute atomic E-state index is 0.00494. The first-order valence-corrected chi connectivity index (χ1v) is 6.15. The van der Waals surface area contributed by atoms with E-state index in [1.165, 1.54) is 0 Å². The van der Waals surface area contributed by atoms with E-state index in [1.54, 1.807) is 0 Å². The van der Waals surface area contributed by atoms with Gasteiger partial charge in [-0.2, -0.15) is 0 Å². The van der Waals surface area contributed by atoms with Crippen LogP contribution in [0.1, 0.15) is 53.4 Å². The van der Waals surface area contributed by atoms with E-state index < -0.39 is 0 Å². The van der Waals surface area contributed by atoms with Crippen molar-refractivity contribution in [1.29, 1.82) is 0 Å². The van der Waals surface area contributed by atoms with E-state index in [4.69, 9.17) is 0 Å². The summed E-state index contributed by atoms with van der Waals surface area (Å²) in [6, 6.07) is 0. The van der Waals surface area contributed by atoms with Crippen LogP contribution in [0.4, 0.5) is 0 Å². The van der Waals surface area contributed by atoms with Gasteiger partial charge in [0, 0.05) is 5.54 Å². The van der Waals surface area contributed by atoms with Crippen LogP contribution >= 0.6 is 0 Å². The molecule has 0 spiro atoms. The largest absolute Gasteiger partial charge is 0.350 e. The lowest BCUT2D eigenvalue weighted by Crippen LogP contribution is -2.49. The summed E-state index contributed by atoms with van der Waals surface area (Å²) in [4.78, 5) is 11.6. The van der Waals surface area contributed by atoms with E-state index in [1.807, 2.05) is 0 Å². The van der Waals surface area contributed by atoms with E-state index in [-0.39, 0.29) is 11.4 Å². The van der Waals surface area contributed by atoms with Crippen molar-refractivity contribution >= 4 is 5.91 Å². The highest BCUT2D eigenvalue weighted by molar-refractivity contribution is 5.78. The Morgan fingerprint density at radius 2 is 1.60 bits per heavy atom. The van der Waals surface area contributed by atoms with Gasteiger partial charge in [-0.1, -0.05) is 27.7 Å². The molecule has 0 atom stereocenters. The van der Waals surface area contributed by atoms with Crippen LogP contribution < -0.4 is 10.6 Å². The molecule has 90 valence electrons. The zero-order chi connectivity index (χ0) is 11.7. The molecule has 0 rings (SSSR count). The van der Waals surface area contributed by atoms with Crippen LogP contribution in [0.25, 0.3) is 0 Å². The molecule has 0 aliphatic heterocycles. The smallest absolute Gasteiger partial charge is 0.234 e. The van der Waals surface area contributed by atoms with Gasteiger partial charge in [0.25, 0.3) is 0 Å². The Bertz CT molecular complexity index is 168. The molecule has 3 heteroatoms. The normalized spacial score (nSPS) is 11.5. The second-order valence-corrected chi connectivity index (χ2v) is 4.07. The number of hydrogen-bond acceptors (Lipinski definition) is 2. The third kappa shape index (κ3) is 5.17. The number of hydrogen-bond donors (Lipinski definition) is 2. The maximum atomic E-state index is 11.6. The molecule has 0 saturated carbocycles. The third-order valence-electron chi connectivity index (χ3n) is 3.15. The van der Waals surface area contributed by atoms with Gasteiger partial charge >= 0.3 is 0 Å². The Balaban J connectivity index is 4.00. The fraction of sp³-hybridized carbons (Fsp3) is 0.917.